The van der Waals surface area contributed by atoms with Gasteiger partial charge in [0, 0.05) is 43.3 Å². The number of benzene rings is 2. The Morgan fingerprint density at radius 3 is 2.68 bits per heavy atom. The first-order valence-electron chi connectivity index (χ1n) is 9.75. The minimum Gasteiger partial charge on any atom is -0.346 e. The third kappa shape index (κ3) is 5.00. The van der Waals surface area contributed by atoms with Crippen LogP contribution in [0.25, 0.3) is 0 Å². The average Bonchev–Trinajstić information content (AvgIpc) is 3.19. The molecule has 2 aromatic carbocycles. The molecule has 31 heavy (non-hydrogen) atoms. The zero-order valence-corrected chi connectivity index (χ0v) is 19.0. The number of thiazole rings is 1. The second kappa shape index (κ2) is 9.25. The van der Waals surface area contributed by atoms with Crippen molar-refractivity contribution < 1.29 is 13.2 Å². The van der Waals surface area contributed by atoms with Crippen LogP contribution in [0.5, 0.6) is 0 Å². The number of halogens is 1. The fourth-order valence-electron chi connectivity index (χ4n) is 3.41. The lowest BCUT2D eigenvalue weighted by molar-refractivity contribution is 0.0767. The molecular weight excluding hydrogens is 456 g/mol. The molecule has 0 aliphatic carbocycles. The lowest BCUT2D eigenvalue weighted by Crippen LogP contribution is -2.35. The third-order valence-electron chi connectivity index (χ3n) is 4.98. The van der Waals surface area contributed by atoms with Crippen LogP contribution in [0.4, 0.5) is 10.8 Å². The third-order valence-corrected chi connectivity index (χ3v) is 7.51. The molecule has 1 aliphatic rings. The highest BCUT2D eigenvalue weighted by Crippen LogP contribution is 2.25. The summed E-state index contributed by atoms with van der Waals surface area (Å²) in [5, 5.41) is 3.19. The van der Waals surface area contributed by atoms with Gasteiger partial charge in [0.05, 0.1) is 15.6 Å². The normalized spacial score (nSPS) is 14.9. The fraction of sp³-hybridized carbons (Fsp3) is 0.238. The maximum Gasteiger partial charge on any atom is 0.261 e. The number of aromatic nitrogens is 1. The van der Waals surface area contributed by atoms with E-state index in [1.165, 1.54) is 12.1 Å². The van der Waals surface area contributed by atoms with E-state index < -0.39 is 10.0 Å². The van der Waals surface area contributed by atoms with Gasteiger partial charge in [-0.15, -0.1) is 11.3 Å². The highest BCUT2D eigenvalue weighted by molar-refractivity contribution is 7.92. The molecule has 0 atom stereocenters. The van der Waals surface area contributed by atoms with Crippen LogP contribution in [0.3, 0.4) is 0 Å². The Bertz CT molecular complexity index is 1170. The lowest BCUT2D eigenvalue weighted by atomic mass is 10.2. The van der Waals surface area contributed by atoms with Crippen LogP contribution < -0.4 is 9.62 Å². The highest BCUT2D eigenvalue weighted by Gasteiger charge is 2.23. The summed E-state index contributed by atoms with van der Waals surface area (Å²) in [6, 6.07) is 12.7. The zero-order chi connectivity index (χ0) is 21.8. The number of nitrogens with one attached hydrogen (secondary N) is 1. The minimum atomic E-state index is -3.89. The molecule has 1 N–H and O–H groups in total. The van der Waals surface area contributed by atoms with Crippen molar-refractivity contribution >= 4 is 49.7 Å². The van der Waals surface area contributed by atoms with E-state index in [0.29, 0.717) is 30.2 Å². The SMILES string of the molecule is O=C(c1cccc(S(=O)(=O)Nc2ccccc2Cl)c1)N1CCCN(c2nccs2)CC1. The molecule has 1 fully saturated rings. The number of anilines is 2. The summed E-state index contributed by atoms with van der Waals surface area (Å²) in [5.41, 5.74) is 0.625. The average molecular weight is 477 g/mol. The molecule has 0 bridgehead atoms. The molecule has 1 saturated heterocycles. The monoisotopic (exact) mass is 476 g/mol. The van der Waals surface area contributed by atoms with Crippen LogP contribution in [0, 0.1) is 0 Å². The molecule has 10 heteroatoms. The number of amides is 1. The van der Waals surface area contributed by atoms with Gasteiger partial charge in [0.15, 0.2) is 5.13 Å². The standard InChI is InChI=1S/C21H21ClN4O3S2/c22-18-7-1-2-8-19(18)24-31(28,29)17-6-3-5-16(15-17)20(27)25-10-4-11-26(13-12-25)21-23-9-14-30-21/h1-3,5-9,14-15,24H,4,10-13H2. The molecule has 0 unspecified atom stereocenters. The van der Waals surface area contributed by atoms with Gasteiger partial charge in [-0.3, -0.25) is 9.52 Å². The molecular formula is C21H21ClN4O3S2. The molecule has 1 amide bonds. The van der Waals surface area contributed by atoms with Crippen LogP contribution >= 0.6 is 22.9 Å². The van der Waals surface area contributed by atoms with Crippen molar-refractivity contribution in [3.8, 4) is 0 Å². The van der Waals surface area contributed by atoms with Gasteiger partial charge in [-0.1, -0.05) is 29.8 Å². The van der Waals surface area contributed by atoms with E-state index in [-0.39, 0.29) is 16.5 Å². The summed E-state index contributed by atoms with van der Waals surface area (Å²) >= 11 is 7.65. The lowest BCUT2D eigenvalue weighted by Gasteiger charge is -2.22. The molecule has 1 aliphatic heterocycles. The number of hydrogen-bond donors (Lipinski definition) is 1. The number of hydrogen-bond acceptors (Lipinski definition) is 6. The van der Waals surface area contributed by atoms with Gasteiger partial charge >= 0.3 is 0 Å². The van der Waals surface area contributed by atoms with E-state index >= 15 is 0 Å². The fourth-order valence-corrected chi connectivity index (χ4v) is 5.47. The maximum atomic E-state index is 13.1. The summed E-state index contributed by atoms with van der Waals surface area (Å²) in [7, 11) is -3.89. The number of carbonyl (C=O) groups excluding carboxylic acids is 1. The molecule has 2 heterocycles. The number of carbonyl (C=O) groups is 1. The molecule has 4 rings (SSSR count). The Kier molecular flexibility index (Phi) is 6.45. The predicted octanol–water partition coefficient (Wildman–Crippen LogP) is 3.95. The van der Waals surface area contributed by atoms with Crippen LogP contribution in [0.2, 0.25) is 5.02 Å². The van der Waals surface area contributed by atoms with Gasteiger partial charge < -0.3 is 9.80 Å². The second-order valence-corrected chi connectivity index (χ2v) is 10.0. The van der Waals surface area contributed by atoms with Gasteiger partial charge in [-0.2, -0.15) is 0 Å². The Hall–Kier alpha value is -2.62. The first kappa shape index (κ1) is 21.6. The van der Waals surface area contributed by atoms with E-state index in [9.17, 15) is 13.2 Å². The molecule has 1 aromatic heterocycles. The Labute approximate surface area is 190 Å². The summed E-state index contributed by atoms with van der Waals surface area (Å²) in [4.78, 5) is 21.4. The zero-order valence-electron chi connectivity index (χ0n) is 16.6. The van der Waals surface area contributed by atoms with Gasteiger partial charge in [-0.05, 0) is 36.8 Å². The Morgan fingerprint density at radius 1 is 1.06 bits per heavy atom. The first-order chi connectivity index (χ1) is 14.9. The number of nitrogens with zero attached hydrogens (tertiary/aromatic N) is 3. The predicted molar refractivity (Wildman–Crippen MR) is 124 cm³/mol. The van der Waals surface area contributed by atoms with Gasteiger partial charge in [0.25, 0.3) is 15.9 Å². The topological polar surface area (TPSA) is 82.6 Å². The minimum absolute atomic E-state index is 0.0116. The Balaban J connectivity index is 1.50. The maximum absolute atomic E-state index is 13.1. The van der Waals surface area contributed by atoms with E-state index in [1.54, 1.807) is 58.8 Å². The quantitative estimate of drug-likeness (QED) is 0.603. The van der Waals surface area contributed by atoms with Gasteiger partial charge in [-0.25, -0.2) is 13.4 Å². The van der Waals surface area contributed by atoms with Crippen molar-refractivity contribution in [1.82, 2.24) is 9.88 Å². The van der Waals surface area contributed by atoms with Crippen LogP contribution in [0.15, 0.2) is 65.0 Å². The molecule has 0 spiro atoms. The second-order valence-electron chi connectivity index (χ2n) is 7.06. The molecule has 7 nitrogen and oxygen atoms in total. The number of rotatable bonds is 5. The molecule has 0 saturated carbocycles. The van der Waals surface area contributed by atoms with Crippen molar-refractivity contribution in [2.24, 2.45) is 0 Å². The molecule has 3 aromatic rings. The van der Waals surface area contributed by atoms with E-state index in [1.807, 2.05) is 5.38 Å². The van der Waals surface area contributed by atoms with Crippen molar-refractivity contribution in [3.63, 3.8) is 0 Å². The summed E-state index contributed by atoms with van der Waals surface area (Å²) in [6.07, 6.45) is 2.59. The van der Waals surface area contributed by atoms with E-state index in [2.05, 4.69) is 14.6 Å². The van der Waals surface area contributed by atoms with Crippen LogP contribution in [-0.2, 0) is 10.0 Å². The van der Waals surface area contributed by atoms with Gasteiger partial charge in [0.1, 0.15) is 0 Å². The van der Waals surface area contributed by atoms with Crippen molar-refractivity contribution in [3.05, 3.63) is 70.7 Å². The van der Waals surface area contributed by atoms with Crippen LogP contribution in [0.1, 0.15) is 16.8 Å². The van der Waals surface area contributed by atoms with Crippen LogP contribution in [-0.4, -0.2) is 50.4 Å². The molecule has 0 radical (unpaired) electrons. The largest absolute Gasteiger partial charge is 0.346 e. The van der Waals surface area contributed by atoms with Crippen molar-refractivity contribution in [2.45, 2.75) is 11.3 Å². The van der Waals surface area contributed by atoms with Gasteiger partial charge in [0.2, 0.25) is 0 Å². The summed E-state index contributed by atoms with van der Waals surface area (Å²) in [6.45, 7) is 2.67. The summed E-state index contributed by atoms with van der Waals surface area (Å²) in [5.74, 6) is -0.184. The van der Waals surface area contributed by atoms with E-state index in [4.69, 9.17) is 11.6 Å². The highest BCUT2D eigenvalue weighted by atomic mass is 35.5. The van der Waals surface area contributed by atoms with E-state index in [0.717, 1.165) is 18.1 Å². The van der Waals surface area contributed by atoms with Crippen molar-refractivity contribution in [2.75, 3.05) is 35.8 Å². The number of para-hydroxylation sites is 1. The number of sulfonamides is 1. The van der Waals surface area contributed by atoms with Crippen molar-refractivity contribution in [1.29, 1.82) is 0 Å². The molecule has 162 valence electrons. The Morgan fingerprint density at radius 2 is 1.90 bits per heavy atom. The smallest absolute Gasteiger partial charge is 0.261 e. The summed E-state index contributed by atoms with van der Waals surface area (Å²) < 4.78 is 28.1. The first-order valence-corrected chi connectivity index (χ1v) is 12.5.